The van der Waals surface area contributed by atoms with Crippen molar-refractivity contribution in [1.29, 1.82) is 0 Å². The number of urea groups is 1. The minimum absolute atomic E-state index is 0.0449. The molecule has 25 heavy (non-hydrogen) atoms. The molecule has 0 saturated carbocycles. The molecule has 0 spiro atoms. The van der Waals surface area contributed by atoms with Crippen LogP contribution in [0.2, 0.25) is 0 Å². The fourth-order valence-electron chi connectivity index (χ4n) is 3.59. The first kappa shape index (κ1) is 15.9. The number of hydrogen-bond donors (Lipinski definition) is 2. The van der Waals surface area contributed by atoms with Gasteiger partial charge in [-0.3, -0.25) is 5.10 Å². The van der Waals surface area contributed by atoms with Crippen molar-refractivity contribution >= 4 is 11.7 Å². The van der Waals surface area contributed by atoms with Gasteiger partial charge >= 0.3 is 6.03 Å². The van der Waals surface area contributed by atoms with Crippen LogP contribution >= 0.6 is 0 Å². The van der Waals surface area contributed by atoms with E-state index in [1.54, 1.807) is 0 Å². The molecule has 1 saturated heterocycles. The largest absolute Gasteiger partial charge is 0.490 e. The lowest BCUT2D eigenvalue weighted by Gasteiger charge is -2.30. The fraction of sp³-hybridized carbons (Fsp3) is 0.500. The molecular weight excluding hydrogens is 318 g/mol. The van der Waals surface area contributed by atoms with E-state index in [9.17, 15) is 4.79 Å². The summed E-state index contributed by atoms with van der Waals surface area (Å²) in [4.78, 5) is 18.8. The number of likely N-dealkylation sites (tertiary alicyclic amines) is 1. The predicted octanol–water partition coefficient (Wildman–Crippen LogP) is 2.85. The third-order valence-electron chi connectivity index (χ3n) is 4.91. The number of fused-ring (bicyclic) bond motifs is 1. The van der Waals surface area contributed by atoms with Crippen LogP contribution in [0.15, 0.2) is 18.2 Å². The van der Waals surface area contributed by atoms with Crippen molar-refractivity contribution in [2.24, 2.45) is 0 Å². The van der Waals surface area contributed by atoms with Gasteiger partial charge in [0.1, 0.15) is 17.7 Å². The number of nitrogens with zero attached hydrogens (tertiary/aromatic N) is 3. The minimum atomic E-state index is -0.0449. The molecule has 2 aliphatic rings. The monoisotopic (exact) mass is 341 g/mol. The molecule has 2 N–H and O–H groups in total. The van der Waals surface area contributed by atoms with E-state index in [1.165, 1.54) is 0 Å². The van der Waals surface area contributed by atoms with Gasteiger partial charge in [-0.25, -0.2) is 9.78 Å². The smallest absolute Gasteiger partial charge is 0.321 e. The number of aromatic amines is 1. The summed E-state index contributed by atoms with van der Waals surface area (Å²) in [7, 11) is 0. The van der Waals surface area contributed by atoms with Crippen LogP contribution in [0.3, 0.4) is 0 Å². The summed E-state index contributed by atoms with van der Waals surface area (Å²) >= 11 is 0. The van der Waals surface area contributed by atoms with Gasteiger partial charge in [-0.15, -0.1) is 0 Å². The van der Waals surface area contributed by atoms with Gasteiger partial charge in [-0.05, 0) is 50.5 Å². The van der Waals surface area contributed by atoms with Crippen molar-refractivity contribution in [1.82, 2.24) is 20.1 Å². The standard InChI is InChI=1S/C18H23N5O2/c1-11-9-14-10-15(3-4-16(14)25-11)20-18(24)23-7-5-13(6-8-23)17-19-12(2)21-22-17/h3-4,10-11,13H,5-9H2,1-2H3,(H,20,24)(H,19,21,22). The molecule has 2 amide bonds. The van der Waals surface area contributed by atoms with E-state index >= 15 is 0 Å². The van der Waals surface area contributed by atoms with Gasteiger partial charge in [-0.1, -0.05) is 0 Å². The molecule has 4 rings (SSSR count). The highest BCUT2D eigenvalue weighted by Gasteiger charge is 2.26. The van der Waals surface area contributed by atoms with E-state index in [2.05, 4.69) is 27.4 Å². The van der Waals surface area contributed by atoms with Crippen LogP contribution in [0.4, 0.5) is 10.5 Å². The van der Waals surface area contributed by atoms with Gasteiger partial charge in [0, 0.05) is 31.1 Å². The number of nitrogens with one attached hydrogen (secondary N) is 2. The summed E-state index contributed by atoms with van der Waals surface area (Å²) in [5.74, 6) is 2.95. The van der Waals surface area contributed by atoms with Crippen molar-refractivity contribution in [2.45, 2.75) is 45.1 Å². The fourth-order valence-corrected chi connectivity index (χ4v) is 3.59. The molecule has 7 heteroatoms. The van der Waals surface area contributed by atoms with E-state index in [0.717, 1.165) is 61.0 Å². The van der Waals surface area contributed by atoms with Crippen molar-refractivity contribution in [2.75, 3.05) is 18.4 Å². The zero-order valence-electron chi connectivity index (χ0n) is 14.6. The second kappa shape index (κ2) is 6.38. The highest BCUT2D eigenvalue weighted by Crippen LogP contribution is 2.31. The van der Waals surface area contributed by atoms with E-state index in [-0.39, 0.29) is 12.1 Å². The van der Waals surface area contributed by atoms with Gasteiger partial charge in [0.05, 0.1) is 0 Å². The number of carbonyl (C=O) groups excluding carboxylic acids is 1. The number of anilines is 1. The third-order valence-corrected chi connectivity index (χ3v) is 4.91. The number of benzene rings is 1. The SMILES string of the molecule is Cc1nc(C2CCN(C(=O)Nc3ccc4c(c3)CC(C)O4)CC2)n[nH]1. The first-order chi connectivity index (χ1) is 12.1. The number of carbonyl (C=O) groups is 1. The summed E-state index contributed by atoms with van der Waals surface area (Å²) in [6, 6.07) is 5.81. The van der Waals surface area contributed by atoms with E-state index in [1.807, 2.05) is 30.0 Å². The lowest BCUT2D eigenvalue weighted by molar-refractivity contribution is 0.193. The quantitative estimate of drug-likeness (QED) is 0.880. The Balaban J connectivity index is 1.34. The maximum absolute atomic E-state index is 12.5. The van der Waals surface area contributed by atoms with Crippen molar-refractivity contribution in [3.05, 3.63) is 35.4 Å². The molecule has 0 radical (unpaired) electrons. The van der Waals surface area contributed by atoms with Crippen LogP contribution in [-0.4, -0.2) is 45.3 Å². The number of hydrogen-bond acceptors (Lipinski definition) is 4. The Morgan fingerprint density at radius 1 is 1.36 bits per heavy atom. The summed E-state index contributed by atoms with van der Waals surface area (Å²) in [5.41, 5.74) is 1.98. The van der Waals surface area contributed by atoms with Crippen LogP contribution in [0.25, 0.3) is 0 Å². The van der Waals surface area contributed by atoms with Gasteiger partial charge < -0.3 is 15.0 Å². The second-order valence-corrected chi connectivity index (χ2v) is 6.93. The van der Waals surface area contributed by atoms with Crippen molar-refractivity contribution in [3.8, 4) is 5.75 Å². The number of aryl methyl sites for hydroxylation is 1. The molecule has 1 unspecified atom stereocenters. The van der Waals surface area contributed by atoms with Gasteiger partial charge in [-0.2, -0.15) is 5.10 Å². The molecule has 132 valence electrons. The number of amides is 2. The Kier molecular flexibility index (Phi) is 4.07. The van der Waals surface area contributed by atoms with Crippen LogP contribution in [0.1, 0.15) is 42.9 Å². The lowest BCUT2D eigenvalue weighted by atomic mass is 9.96. The highest BCUT2D eigenvalue weighted by atomic mass is 16.5. The molecule has 1 fully saturated rings. The normalized spacial score (nSPS) is 20.2. The molecule has 2 aliphatic heterocycles. The number of H-pyrrole nitrogens is 1. The Morgan fingerprint density at radius 2 is 2.16 bits per heavy atom. The number of ether oxygens (including phenoxy) is 1. The van der Waals surface area contributed by atoms with E-state index in [4.69, 9.17) is 4.74 Å². The number of aromatic nitrogens is 3. The van der Waals surface area contributed by atoms with Gasteiger partial charge in [0.2, 0.25) is 0 Å². The lowest BCUT2D eigenvalue weighted by Crippen LogP contribution is -2.40. The van der Waals surface area contributed by atoms with E-state index in [0.29, 0.717) is 5.92 Å². The molecule has 2 aromatic rings. The van der Waals surface area contributed by atoms with E-state index < -0.39 is 0 Å². The summed E-state index contributed by atoms with van der Waals surface area (Å²) in [6.45, 7) is 5.39. The highest BCUT2D eigenvalue weighted by molar-refractivity contribution is 5.89. The summed E-state index contributed by atoms with van der Waals surface area (Å²) < 4.78 is 5.70. The van der Waals surface area contributed by atoms with Crippen molar-refractivity contribution < 1.29 is 9.53 Å². The molecule has 3 heterocycles. The average Bonchev–Trinajstić information content (AvgIpc) is 3.19. The maximum atomic E-state index is 12.5. The third kappa shape index (κ3) is 3.31. The van der Waals surface area contributed by atoms with Crippen molar-refractivity contribution in [3.63, 3.8) is 0 Å². The molecule has 0 bridgehead atoms. The average molecular weight is 341 g/mol. The van der Waals surface area contributed by atoms with Crippen LogP contribution in [-0.2, 0) is 6.42 Å². The number of rotatable bonds is 2. The Bertz CT molecular complexity index is 780. The summed E-state index contributed by atoms with van der Waals surface area (Å²) in [5, 5.41) is 10.2. The Morgan fingerprint density at radius 3 is 2.88 bits per heavy atom. The van der Waals surface area contributed by atoms with Crippen LogP contribution < -0.4 is 10.1 Å². The Hall–Kier alpha value is -2.57. The predicted molar refractivity (Wildman–Crippen MR) is 93.9 cm³/mol. The molecule has 1 aromatic carbocycles. The minimum Gasteiger partial charge on any atom is -0.490 e. The first-order valence-electron chi connectivity index (χ1n) is 8.83. The van der Waals surface area contributed by atoms with Crippen LogP contribution in [0, 0.1) is 6.92 Å². The molecule has 1 aromatic heterocycles. The maximum Gasteiger partial charge on any atom is 0.321 e. The zero-order valence-corrected chi connectivity index (χ0v) is 14.6. The molecule has 7 nitrogen and oxygen atoms in total. The van der Waals surface area contributed by atoms with Crippen LogP contribution in [0.5, 0.6) is 5.75 Å². The first-order valence-corrected chi connectivity index (χ1v) is 8.83. The topological polar surface area (TPSA) is 83.1 Å². The molecule has 0 aliphatic carbocycles. The summed E-state index contributed by atoms with van der Waals surface area (Å²) in [6.07, 6.45) is 2.88. The number of piperidine rings is 1. The van der Waals surface area contributed by atoms with Gasteiger partial charge in [0.15, 0.2) is 5.82 Å². The molecular formula is C18H23N5O2. The van der Waals surface area contributed by atoms with Gasteiger partial charge in [0.25, 0.3) is 0 Å². The molecule has 1 atom stereocenters. The Labute approximate surface area is 146 Å². The zero-order chi connectivity index (χ0) is 17.4. The second-order valence-electron chi connectivity index (χ2n) is 6.93.